The number of nitrogens with one attached hydrogen (secondary N) is 1. The third-order valence-corrected chi connectivity index (χ3v) is 4.64. The van der Waals surface area contributed by atoms with Crippen LogP contribution in [0.2, 0.25) is 0 Å². The molecule has 0 atom stereocenters. The van der Waals surface area contributed by atoms with Crippen LogP contribution in [0.4, 0.5) is 5.69 Å². The summed E-state index contributed by atoms with van der Waals surface area (Å²) in [5.74, 6) is 0.487. The Morgan fingerprint density at radius 3 is 2.34 bits per heavy atom. The van der Waals surface area contributed by atoms with Crippen molar-refractivity contribution in [2.75, 3.05) is 33.1 Å². The van der Waals surface area contributed by atoms with Crippen molar-refractivity contribution in [2.45, 2.75) is 20.3 Å². The minimum atomic E-state index is -0.284. The first-order valence-electron chi connectivity index (χ1n) is 9.29. The first-order valence-corrected chi connectivity index (χ1v) is 9.29. The molecule has 0 fully saturated rings. The molecule has 0 spiro atoms. The first kappa shape index (κ1) is 22.0. The van der Waals surface area contributed by atoms with Crippen LogP contribution in [0.3, 0.4) is 0 Å². The summed E-state index contributed by atoms with van der Waals surface area (Å²) in [7, 11) is 4.66. The molecule has 0 aliphatic heterocycles. The molecule has 2 amide bonds. The van der Waals surface area contributed by atoms with Gasteiger partial charge in [0.05, 0.1) is 20.8 Å². The summed E-state index contributed by atoms with van der Waals surface area (Å²) >= 11 is 0. The molecule has 0 saturated heterocycles. The van der Waals surface area contributed by atoms with Gasteiger partial charge in [-0.1, -0.05) is 24.3 Å². The fourth-order valence-corrected chi connectivity index (χ4v) is 3.17. The molecule has 0 saturated carbocycles. The minimum Gasteiger partial charge on any atom is -0.493 e. The van der Waals surface area contributed by atoms with E-state index in [0.717, 1.165) is 22.4 Å². The van der Waals surface area contributed by atoms with E-state index in [2.05, 4.69) is 11.9 Å². The van der Waals surface area contributed by atoms with E-state index in [0.29, 0.717) is 23.5 Å². The van der Waals surface area contributed by atoms with Crippen LogP contribution in [0.15, 0.2) is 43.0 Å². The van der Waals surface area contributed by atoms with Gasteiger partial charge in [0, 0.05) is 23.9 Å². The second-order valence-electron chi connectivity index (χ2n) is 6.84. The maximum absolute atomic E-state index is 12.9. The molecule has 0 aliphatic carbocycles. The summed E-state index contributed by atoms with van der Waals surface area (Å²) in [6, 6.07) is 9.16. The van der Waals surface area contributed by atoms with Gasteiger partial charge >= 0.3 is 0 Å². The fraction of sp³-hybridized carbons (Fsp3) is 0.304. The van der Waals surface area contributed by atoms with Crippen LogP contribution in [0.5, 0.6) is 11.5 Å². The maximum Gasteiger partial charge on any atom is 0.254 e. The van der Waals surface area contributed by atoms with Gasteiger partial charge in [-0.05, 0) is 43.5 Å². The number of benzene rings is 2. The molecular formula is C23H28N2O4. The Morgan fingerprint density at radius 1 is 1.14 bits per heavy atom. The first-order chi connectivity index (χ1) is 13.8. The van der Waals surface area contributed by atoms with Crippen LogP contribution in [0.25, 0.3) is 0 Å². The topological polar surface area (TPSA) is 67.9 Å². The average molecular weight is 396 g/mol. The number of likely N-dealkylation sites (N-methyl/N-ethyl adjacent to an activating group) is 1. The van der Waals surface area contributed by atoms with Crippen molar-refractivity contribution < 1.29 is 19.1 Å². The molecule has 0 bridgehead atoms. The van der Waals surface area contributed by atoms with Crippen LogP contribution in [0.1, 0.15) is 27.0 Å². The highest BCUT2D eigenvalue weighted by molar-refractivity contribution is 6.00. The van der Waals surface area contributed by atoms with Gasteiger partial charge in [-0.15, -0.1) is 6.58 Å². The largest absolute Gasteiger partial charge is 0.493 e. The number of hydrogen-bond donors (Lipinski definition) is 1. The van der Waals surface area contributed by atoms with E-state index in [9.17, 15) is 9.59 Å². The van der Waals surface area contributed by atoms with E-state index in [4.69, 9.17) is 9.47 Å². The van der Waals surface area contributed by atoms with Crippen LogP contribution >= 0.6 is 0 Å². The number of amides is 2. The maximum atomic E-state index is 12.9. The number of nitrogens with zero attached hydrogens (tertiary/aromatic N) is 1. The molecule has 2 aromatic rings. The van der Waals surface area contributed by atoms with Crippen molar-refractivity contribution in [3.05, 3.63) is 65.2 Å². The predicted octanol–water partition coefficient (Wildman–Crippen LogP) is 3.76. The number of carbonyl (C=O) groups is 2. The number of methoxy groups -OCH3 is 2. The zero-order valence-electron chi connectivity index (χ0n) is 17.7. The molecule has 29 heavy (non-hydrogen) atoms. The Balaban J connectivity index is 2.20. The summed E-state index contributed by atoms with van der Waals surface area (Å²) in [5, 5.41) is 2.90. The molecule has 1 N–H and O–H groups in total. The Hall–Kier alpha value is -3.28. The zero-order valence-corrected chi connectivity index (χ0v) is 17.7. The minimum absolute atomic E-state index is 0.0717. The third-order valence-electron chi connectivity index (χ3n) is 4.64. The monoisotopic (exact) mass is 396 g/mol. The molecule has 2 aromatic carbocycles. The lowest BCUT2D eigenvalue weighted by Gasteiger charge is -2.20. The van der Waals surface area contributed by atoms with Gasteiger partial charge in [0.25, 0.3) is 5.91 Å². The summed E-state index contributed by atoms with van der Waals surface area (Å²) in [6.45, 7) is 7.54. The smallest absolute Gasteiger partial charge is 0.254 e. The Kier molecular flexibility index (Phi) is 7.42. The van der Waals surface area contributed by atoms with E-state index >= 15 is 0 Å². The number of hydrogen-bond acceptors (Lipinski definition) is 4. The number of allylic oxidation sites excluding steroid dienone is 1. The lowest BCUT2D eigenvalue weighted by atomic mass is 10.0. The van der Waals surface area contributed by atoms with E-state index < -0.39 is 0 Å². The van der Waals surface area contributed by atoms with Gasteiger partial charge in [-0.25, -0.2) is 0 Å². The quantitative estimate of drug-likeness (QED) is 0.690. The van der Waals surface area contributed by atoms with Crippen LogP contribution in [-0.2, 0) is 11.2 Å². The van der Waals surface area contributed by atoms with E-state index in [1.54, 1.807) is 32.4 Å². The predicted molar refractivity (Wildman–Crippen MR) is 115 cm³/mol. The third kappa shape index (κ3) is 5.16. The van der Waals surface area contributed by atoms with Crippen LogP contribution < -0.4 is 14.8 Å². The van der Waals surface area contributed by atoms with Crippen molar-refractivity contribution in [2.24, 2.45) is 0 Å². The second kappa shape index (κ2) is 9.78. The van der Waals surface area contributed by atoms with Gasteiger partial charge in [0.2, 0.25) is 5.91 Å². The molecule has 2 rings (SSSR count). The molecule has 0 aliphatic rings. The number of para-hydroxylation sites is 1. The second-order valence-corrected chi connectivity index (χ2v) is 6.84. The highest BCUT2D eigenvalue weighted by Gasteiger charge is 2.20. The van der Waals surface area contributed by atoms with Crippen molar-refractivity contribution in [1.82, 2.24) is 4.90 Å². The zero-order chi connectivity index (χ0) is 21.6. The van der Waals surface area contributed by atoms with Crippen molar-refractivity contribution in [3.8, 4) is 11.5 Å². The van der Waals surface area contributed by atoms with Gasteiger partial charge in [-0.3, -0.25) is 9.59 Å². The lowest BCUT2D eigenvalue weighted by Crippen LogP contribution is -2.35. The van der Waals surface area contributed by atoms with Gasteiger partial charge in [0.15, 0.2) is 11.5 Å². The summed E-state index contributed by atoms with van der Waals surface area (Å²) in [5.41, 5.74) is 3.93. The normalized spacial score (nSPS) is 10.2. The van der Waals surface area contributed by atoms with Crippen molar-refractivity contribution in [1.29, 1.82) is 0 Å². The number of ether oxygens (including phenoxy) is 2. The molecule has 0 radical (unpaired) electrons. The van der Waals surface area contributed by atoms with Gasteiger partial charge in [-0.2, -0.15) is 0 Å². The molecular weight excluding hydrogens is 368 g/mol. The SMILES string of the molecule is C=CCc1cc(C(=O)N(C)CC(=O)Nc2c(C)cccc2C)cc(OC)c1OC. The highest BCUT2D eigenvalue weighted by Crippen LogP contribution is 2.33. The molecule has 0 unspecified atom stereocenters. The standard InChI is InChI=1S/C23H28N2O4/c1-7-9-17-12-18(13-19(28-5)22(17)29-6)23(27)25(4)14-20(26)24-21-15(2)10-8-11-16(21)3/h7-8,10-13H,1,9,14H2,2-6H3,(H,24,26). The number of rotatable bonds is 8. The Labute approximate surface area is 172 Å². The summed E-state index contributed by atoms with van der Waals surface area (Å²) < 4.78 is 10.8. The van der Waals surface area contributed by atoms with E-state index in [1.165, 1.54) is 12.0 Å². The molecule has 154 valence electrons. The van der Waals surface area contributed by atoms with E-state index in [-0.39, 0.29) is 18.4 Å². The molecule has 6 nitrogen and oxygen atoms in total. The lowest BCUT2D eigenvalue weighted by molar-refractivity contribution is -0.116. The number of anilines is 1. The van der Waals surface area contributed by atoms with Gasteiger partial charge < -0.3 is 19.7 Å². The van der Waals surface area contributed by atoms with Crippen molar-refractivity contribution in [3.63, 3.8) is 0 Å². The Bertz CT molecular complexity index is 901. The average Bonchev–Trinajstić information content (AvgIpc) is 2.69. The van der Waals surface area contributed by atoms with Gasteiger partial charge in [0.1, 0.15) is 0 Å². The van der Waals surface area contributed by atoms with Crippen LogP contribution in [-0.4, -0.2) is 44.5 Å². The molecule has 6 heteroatoms. The fourth-order valence-electron chi connectivity index (χ4n) is 3.17. The Morgan fingerprint density at radius 2 is 1.79 bits per heavy atom. The number of aryl methyl sites for hydroxylation is 2. The van der Waals surface area contributed by atoms with Crippen molar-refractivity contribution >= 4 is 17.5 Å². The highest BCUT2D eigenvalue weighted by atomic mass is 16.5. The van der Waals surface area contributed by atoms with Crippen LogP contribution in [0, 0.1) is 13.8 Å². The summed E-state index contributed by atoms with van der Waals surface area (Å²) in [6.07, 6.45) is 2.25. The molecule has 0 aromatic heterocycles. The molecule has 0 heterocycles. The number of carbonyl (C=O) groups excluding carboxylic acids is 2. The summed E-state index contributed by atoms with van der Waals surface area (Å²) in [4.78, 5) is 26.8. The van der Waals surface area contributed by atoms with E-state index in [1.807, 2.05) is 32.0 Å².